The Balaban J connectivity index is 2.69. The van der Waals surface area contributed by atoms with Gasteiger partial charge < -0.3 is 4.90 Å². The van der Waals surface area contributed by atoms with Gasteiger partial charge in [0.2, 0.25) is 5.91 Å². The fraction of sp³-hybridized carbons (Fsp3) is 0.385. The van der Waals surface area contributed by atoms with Crippen molar-refractivity contribution in [1.29, 1.82) is 0 Å². The van der Waals surface area contributed by atoms with E-state index >= 15 is 0 Å². The molecule has 4 heteroatoms. The Morgan fingerprint density at radius 2 is 2.06 bits per heavy atom. The van der Waals surface area contributed by atoms with Crippen molar-refractivity contribution in [2.24, 2.45) is 0 Å². The number of nitrogens with zero attached hydrogens (tertiary/aromatic N) is 1. The Kier molecular flexibility index (Phi) is 5.16. The Labute approximate surface area is 106 Å². The first-order chi connectivity index (χ1) is 8.02. The Bertz CT molecular complexity index is 418. The predicted octanol–water partition coefficient (Wildman–Crippen LogP) is 2.67. The summed E-state index contributed by atoms with van der Waals surface area (Å²) in [5.74, 6) is -0.250. The number of carbonyl (C=O) groups excluding carboxylic acids is 2. The highest BCUT2D eigenvalue weighted by atomic mass is 35.5. The van der Waals surface area contributed by atoms with Crippen LogP contribution in [0.2, 0.25) is 5.02 Å². The highest BCUT2D eigenvalue weighted by Crippen LogP contribution is 2.13. The third kappa shape index (κ3) is 4.57. The lowest BCUT2D eigenvalue weighted by Gasteiger charge is -2.20. The minimum absolute atomic E-state index is 0.0333. The molecule has 0 aliphatic rings. The first kappa shape index (κ1) is 13.7. The molecule has 0 saturated carbocycles. The van der Waals surface area contributed by atoms with Crippen LogP contribution >= 0.6 is 11.6 Å². The number of Topliss-reactive ketones (excluding diaryl/α,β-unsaturated/α-hetero) is 1. The summed E-state index contributed by atoms with van der Waals surface area (Å²) in [4.78, 5) is 24.3. The maximum Gasteiger partial charge on any atom is 0.230 e. The van der Waals surface area contributed by atoms with Gasteiger partial charge in [0, 0.05) is 18.1 Å². The predicted molar refractivity (Wildman–Crippen MR) is 67.8 cm³/mol. The van der Waals surface area contributed by atoms with E-state index in [1.807, 2.05) is 25.1 Å². The topological polar surface area (TPSA) is 37.4 Å². The van der Waals surface area contributed by atoms with E-state index in [0.717, 1.165) is 5.56 Å². The van der Waals surface area contributed by atoms with Crippen LogP contribution in [-0.2, 0) is 16.1 Å². The lowest BCUT2D eigenvalue weighted by molar-refractivity contribution is -0.135. The summed E-state index contributed by atoms with van der Waals surface area (Å²) >= 11 is 5.88. The van der Waals surface area contributed by atoms with Gasteiger partial charge in [-0.15, -0.1) is 0 Å². The zero-order valence-corrected chi connectivity index (χ0v) is 10.8. The molecule has 0 aliphatic heterocycles. The van der Waals surface area contributed by atoms with Gasteiger partial charge in [0.25, 0.3) is 0 Å². The SMILES string of the molecule is CCN(Cc1cccc(Cl)c1)C(=O)CC(C)=O. The van der Waals surface area contributed by atoms with Crippen LogP contribution in [0.4, 0.5) is 0 Å². The molecule has 1 aromatic carbocycles. The fourth-order valence-corrected chi connectivity index (χ4v) is 1.77. The van der Waals surface area contributed by atoms with Gasteiger partial charge in [0.05, 0.1) is 6.42 Å². The average Bonchev–Trinajstić information content (AvgIpc) is 2.24. The van der Waals surface area contributed by atoms with Crippen molar-refractivity contribution in [3.63, 3.8) is 0 Å². The molecule has 1 aromatic rings. The fourth-order valence-electron chi connectivity index (χ4n) is 1.56. The molecule has 1 rings (SSSR count). The molecule has 3 nitrogen and oxygen atoms in total. The van der Waals surface area contributed by atoms with Crippen LogP contribution in [0, 0.1) is 0 Å². The van der Waals surface area contributed by atoms with E-state index in [4.69, 9.17) is 11.6 Å². The van der Waals surface area contributed by atoms with Crippen molar-refractivity contribution >= 4 is 23.3 Å². The summed E-state index contributed by atoms with van der Waals surface area (Å²) in [6.45, 7) is 4.38. The van der Waals surface area contributed by atoms with E-state index < -0.39 is 0 Å². The molecular formula is C13H16ClNO2. The summed E-state index contributed by atoms with van der Waals surface area (Å²) in [5.41, 5.74) is 0.969. The monoisotopic (exact) mass is 253 g/mol. The normalized spacial score (nSPS) is 10.1. The zero-order valence-electron chi connectivity index (χ0n) is 10.1. The van der Waals surface area contributed by atoms with Gasteiger partial charge >= 0.3 is 0 Å². The molecule has 0 aromatic heterocycles. The molecule has 0 unspecified atom stereocenters. The van der Waals surface area contributed by atoms with Crippen LogP contribution < -0.4 is 0 Å². The number of rotatable bonds is 5. The number of ketones is 1. The standard InChI is InChI=1S/C13H16ClNO2/c1-3-15(13(17)7-10(2)16)9-11-5-4-6-12(14)8-11/h4-6,8H,3,7,9H2,1-2H3. The molecule has 92 valence electrons. The van der Waals surface area contributed by atoms with E-state index in [1.54, 1.807) is 11.0 Å². The van der Waals surface area contributed by atoms with Gasteiger partial charge in [0.1, 0.15) is 5.78 Å². The molecular weight excluding hydrogens is 238 g/mol. The number of amides is 1. The van der Waals surface area contributed by atoms with Crippen LogP contribution in [0.3, 0.4) is 0 Å². The van der Waals surface area contributed by atoms with Gasteiger partial charge in [0.15, 0.2) is 0 Å². The van der Waals surface area contributed by atoms with E-state index in [2.05, 4.69) is 0 Å². The molecule has 0 fully saturated rings. The number of halogens is 1. The molecule has 0 radical (unpaired) electrons. The minimum Gasteiger partial charge on any atom is -0.338 e. The Hall–Kier alpha value is -1.35. The Morgan fingerprint density at radius 1 is 1.35 bits per heavy atom. The van der Waals surface area contributed by atoms with Crippen molar-refractivity contribution in [1.82, 2.24) is 4.90 Å². The van der Waals surface area contributed by atoms with Gasteiger partial charge in [-0.05, 0) is 31.5 Å². The number of benzene rings is 1. The van der Waals surface area contributed by atoms with Crippen molar-refractivity contribution in [2.45, 2.75) is 26.8 Å². The first-order valence-corrected chi connectivity index (χ1v) is 5.92. The second-order valence-electron chi connectivity index (χ2n) is 3.92. The van der Waals surface area contributed by atoms with Crippen LogP contribution in [0.1, 0.15) is 25.8 Å². The van der Waals surface area contributed by atoms with Gasteiger partial charge in [-0.1, -0.05) is 23.7 Å². The third-order valence-electron chi connectivity index (χ3n) is 2.40. The molecule has 0 atom stereocenters. The van der Waals surface area contributed by atoms with Crippen molar-refractivity contribution in [2.75, 3.05) is 6.54 Å². The molecule has 0 bridgehead atoms. The van der Waals surface area contributed by atoms with Crippen LogP contribution in [0.25, 0.3) is 0 Å². The van der Waals surface area contributed by atoms with E-state index in [0.29, 0.717) is 18.1 Å². The van der Waals surface area contributed by atoms with E-state index in [1.165, 1.54) is 6.92 Å². The minimum atomic E-state index is -0.139. The summed E-state index contributed by atoms with van der Waals surface area (Å²) in [6.07, 6.45) is -0.0333. The zero-order chi connectivity index (χ0) is 12.8. The molecule has 0 spiro atoms. The third-order valence-corrected chi connectivity index (χ3v) is 2.63. The first-order valence-electron chi connectivity index (χ1n) is 5.54. The second kappa shape index (κ2) is 6.40. The molecule has 0 aliphatic carbocycles. The molecule has 0 N–H and O–H groups in total. The van der Waals surface area contributed by atoms with Gasteiger partial charge in [-0.3, -0.25) is 9.59 Å². The summed E-state index contributed by atoms with van der Waals surface area (Å²) in [7, 11) is 0. The second-order valence-corrected chi connectivity index (χ2v) is 4.35. The number of hydrogen-bond donors (Lipinski definition) is 0. The summed E-state index contributed by atoms with van der Waals surface area (Å²) in [5, 5.41) is 0.651. The lowest BCUT2D eigenvalue weighted by Crippen LogP contribution is -2.31. The van der Waals surface area contributed by atoms with Crippen molar-refractivity contribution in [3.05, 3.63) is 34.9 Å². The van der Waals surface area contributed by atoms with E-state index in [9.17, 15) is 9.59 Å². The largest absolute Gasteiger partial charge is 0.338 e. The quantitative estimate of drug-likeness (QED) is 0.757. The van der Waals surface area contributed by atoms with Crippen LogP contribution in [0.5, 0.6) is 0 Å². The molecule has 0 saturated heterocycles. The number of hydrogen-bond acceptors (Lipinski definition) is 2. The molecule has 1 amide bonds. The maximum absolute atomic E-state index is 11.7. The van der Waals surface area contributed by atoms with E-state index in [-0.39, 0.29) is 18.1 Å². The van der Waals surface area contributed by atoms with Gasteiger partial charge in [-0.2, -0.15) is 0 Å². The van der Waals surface area contributed by atoms with Crippen molar-refractivity contribution in [3.8, 4) is 0 Å². The summed E-state index contributed by atoms with van der Waals surface area (Å²) in [6, 6.07) is 7.38. The molecule has 17 heavy (non-hydrogen) atoms. The summed E-state index contributed by atoms with van der Waals surface area (Å²) < 4.78 is 0. The average molecular weight is 254 g/mol. The highest BCUT2D eigenvalue weighted by molar-refractivity contribution is 6.30. The number of carbonyl (C=O) groups is 2. The highest BCUT2D eigenvalue weighted by Gasteiger charge is 2.13. The lowest BCUT2D eigenvalue weighted by atomic mass is 10.2. The smallest absolute Gasteiger partial charge is 0.230 e. The van der Waals surface area contributed by atoms with Crippen LogP contribution in [-0.4, -0.2) is 23.1 Å². The van der Waals surface area contributed by atoms with Crippen molar-refractivity contribution < 1.29 is 9.59 Å². The Morgan fingerprint density at radius 3 is 2.59 bits per heavy atom. The maximum atomic E-state index is 11.7. The molecule has 0 heterocycles. The van der Waals surface area contributed by atoms with Gasteiger partial charge in [-0.25, -0.2) is 0 Å². The van der Waals surface area contributed by atoms with Crippen LogP contribution in [0.15, 0.2) is 24.3 Å².